The standard InChI is InChI=1S/C22H30N4O6/c23-21(27)25(29)15-17-5-9-19(10-6-17)31-13-3-1-2-4-14-32-20-11-7-18(8-12-20)16-26(30)22(24)28/h5-12,29-30H,1-4,13-16H2,(H2,23,27)(H2,24,28). The van der Waals surface area contributed by atoms with Crippen molar-refractivity contribution < 1.29 is 29.5 Å². The first-order chi connectivity index (χ1) is 15.3. The SMILES string of the molecule is NC(=O)N(O)Cc1ccc(OCCCCCCOc2ccc(CN(O)C(N)=O)cc2)cc1. The topological polar surface area (TPSA) is 152 Å². The Kier molecular flexibility index (Phi) is 10.1. The highest BCUT2D eigenvalue weighted by atomic mass is 16.5. The lowest BCUT2D eigenvalue weighted by molar-refractivity contribution is -0.0470. The molecular weight excluding hydrogens is 416 g/mol. The van der Waals surface area contributed by atoms with Crippen LogP contribution in [0.2, 0.25) is 0 Å². The first-order valence-electron chi connectivity index (χ1n) is 10.3. The highest BCUT2D eigenvalue weighted by Crippen LogP contribution is 2.15. The first kappa shape index (κ1) is 24.8. The van der Waals surface area contributed by atoms with Crippen molar-refractivity contribution in [2.75, 3.05) is 13.2 Å². The van der Waals surface area contributed by atoms with Crippen molar-refractivity contribution in [2.45, 2.75) is 38.8 Å². The maximum absolute atomic E-state index is 10.8. The number of carbonyl (C=O) groups excluding carboxylic acids is 2. The predicted octanol–water partition coefficient (Wildman–Crippen LogP) is 3.24. The molecule has 32 heavy (non-hydrogen) atoms. The van der Waals surface area contributed by atoms with Gasteiger partial charge in [0.15, 0.2) is 0 Å². The molecule has 0 saturated carbocycles. The number of nitrogens with two attached hydrogens (primary N) is 2. The van der Waals surface area contributed by atoms with Gasteiger partial charge in [0.05, 0.1) is 26.3 Å². The summed E-state index contributed by atoms with van der Waals surface area (Å²) in [5.74, 6) is 1.45. The van der Waals surface area contributed by atoms with Gasteiger partial charge in [-0.05, 0) is 61.1 Å². The maximum Gasteiger partial charge on any atom is 0.338 e. The maximum atomic E-state index is 10.8. The molecule has 10 heteroatoms. The number of hydrogen-bond donors (Lipinski definition) is 4. The summed E-state index contributed by atoms with van der Waals surface area (Å²) in [4.78, 5) is 21.6. The molecule has 2 aromatic carbocycles. The van der Waals surface area contributed by atoms with Crippen molar-refractivity contribution in [3.05, 3.63) is 59.7 Å². The Morgan fingerprint density at radius 1 is 0.656 bits per heavy atom. The molecule has 0 spiro atoms. The molecule has 0 unspecified atom stereocenters. The van der Waals surface area contributed by atoms with E-state index in [1.54, 1.807) is 48.5 Å². The van der Waals surface area contributed by atoms with Gasteiger partial charge in [-0.1, -0.05) is 24.3 Å². The Labute approximate surface area is 186 Å². The summed E-state index contributed by atoms with van der Waals surface area (Å²) in [5.41, 5.74) is 11.4. The molecule has 174 valence electrons. The summed E-state index contributed by atoms with van der Waals surface area (Å²) in [6, 6.07) is 12.4. The Hall–Kier alpha value is -3.50. The Morgan fingerprint density at radius 3 is 1.31 bits per heavy atom. The molecule has 0 heterocycles. The largest absolute Gasteiger partial charge is 0.494 e. The molecule has 0 fully saturated rings. The summed E-state index contributed by atoms with van der Waals surface area (Å²) < 4.78 is 11.4. The number of benzene rings is 2. The van der Waals surface area contributed by atoms with E-state index in [-0.39, 0.29) is 13.1 Å². The third-order valence-corrected chi connectivity index (χ3v) is 4.60. The van der Waals surface area contributed by atoms with Crippen LogP contribution in [-0.2, 0) is 13.1 Å². The molecule has 0 aliphatic carbocycles. The van der Waals surface area contributed by atoms with Crippen LogP contribution in [0.5, 0.6) is 11.5 Å². The number of primary amides is 2. The van der Waals surface area contributed by atoms with Crippen molar-refractivity contribution in [1.29, 1.82) is 0 Å². The van der Waals surface area contributed by atoms with Crippen LogP contribution in [0.3, 0.4) is 0 Å². The predicted molar refractivity (Wildman–Crippen MR) is 116 cm³/mol. The summed E-state index contributed by atoms with van der Waals surface area (Å²) >= 11 is 0. The van der Waals surface area contributed by atoms with Gasteiger partial charge in [-0.15, -0.1) is 0 Å². The van der Waals surface area contributed by atoms with E-state index in [0.29, 0.717) is 23.3 Å². The molecule has 4 amide bonds. The van der Waals surface area contributed by atoms with Crippen molar-refractivity contribution in [2.24, 2.45) is 11.5 Å². The monoisotopic (exact) mass is 446 g/mol. The van der Waals surface area contributed by atoms with E-state index in [1.165, 1.54) is 0 Å². The molecular formula is C22H30N4O6. The van der Waals surface area contributed by atoms with Crippen LogP contribution in [-0.4, -0.2) is 45.8 Å². The molecule has 6 N–H and O–H groups in total. The molecule has 0 aromatic heterocycles. The number of amides is 4. The fourth-order valence-electron chi connectivity index (χ4n) is 2.82. The van der Waals surface area contributed by atoms with E-state index in [9.17, 15) is 20.0 Å². The molecule has 0 aliphatic heterocycles. The van der Waals surface area contributed by atoms with Gasteiger partial charge in [-0.2, -0.15) is 0 Å². The van der Waals surface area contributed by atoms with Crippen LogP contribution in [0.1, 0.15) is 36.8 Å². The lowest BCUT2D eigenvalue weighted by Crippen LogP contribution is -2.31. The van der Waals surface area contributed by atoms with Crippen LogP contribution >= 0.6 is 0 Å². The second kappa shape index (κ2) is 13.0. The fourth-order valence-corrected chi connectivity index (χ4v) is 2.82. The van der Waals surface area contributed by atoms with Crippen LogP contribution in [0, 0.1) is 0 Å². The number of carbonyl (C=O) groups is 2. The molecule has 2 rings (SSSR count). The van der Waals surface area contributed by atoms with Gasteiger partial charge in [0, 0.05) is 0 Å². The number of unbranched alkanes of at least 4 members (excludes halogenated alkanes) is 3. The molecule has 0 radical (unpaired) electrons. The normalized spacial score (nSPS) is 10.4. The number of ether oxygens (including phenoxy) is 2. The van der Waals surface area contributed by atoms with Gasteiger partial charge < -0.3 is 20.9 Å². The highest BCUT2D eigenvalue weighted by molar-refractivity contribution is 5.70. The summed E-state index contributed by atoms with van der Waals surface area (Å²) in [6.07, 6.45) is 3.86. The summed E-state index contributed by atoms with van der Waals surface area (Å²) in [7, 11) is 0. The smallest absolute Gasteiger partial charge is 0.338 e. The first-order valence-corrected chi connectivity index (χ1v) is 10.3. The van der Waals surface area contributed by atoms with Crippen LogP contribution in [0.4, 0.5) is 9.59 Å². The van der Waals surface area contributed by atoms with E-state index in [2.05, 4.69) is 0 Å². The Bertz CT molecular complexity index is 773. The van der Waals surface area contributed by atoms with Gasteiger partial charge in [0.25, 0.3) is 0 Å². The number of nitrogens with zero attached hydrogens (tertiary/aromatic N) is 2. The minimum absolute atomic E-state index is 0.0262. The number of hydroxylamine groups is 4. The second-order valence-electron chi connectivity index (χ2n) is 7.19. The van der Waals surface area contributed by atoms with Gasteiger partial charge in [0.2, 0.25) is 0 Å². The van der Waals surface area contributed by atoms with Gasteiger partial charge in [-0.25, -0.2) is 19.7 Å². The average molecular weight is 447 g/mol. The van der Waals surface area contributed by atoms with Gasteiger partial charge >= 0.3 is 12.1 Å². The van der Waals surface area contributed by atoms with E-state index >= 15 is 0 Å². The molecule has 2 aromatic rings. The van der Waals surface area contributed by atoms with Gasteiger partial charge in [-0.3, -0.25) is 10.4 Å². The van der Waals surface area contributed by atoms with E-state index in [1.807, 2.05) is 0 Å². The Morgan fingerprint density at radius 2 is 1.00 bits per heavy atom. The second-order valence-corrected chi connectivity index (χ2v) is 7.19. The summed E-state index contributed by atoms with van der Waals surface area (Å²) in [6.45, 7) is 1.25. The highest BCUT2D eigenvalue weighted by Gasteiger charge is 2.07. The zero-order chi connectivity index (χ0) is 23.3. The van der Waals surface area contributed by atoms with Gasteiger partial charge in [0.1, 0.15) is 11.5 Å². The Balaban J connectivity index is 1.53. The zero-order valence-corrected chi connectivity index (χ0v) is 17.9. The number of rotatable bonds is 13. The van der Waals surface area contributed by atoms with Crippen molar-refractivity contribution in [1.82, 2.24) is 10.1 Å². The third-order valence-electron chi connectivity index (χ3n) is 4.60. The molecule has 0 atom stereocenters. The molecule has 0 saturated heterocycles. The van der Waals surface area contributed by atoms with Crippen molar-refractivity contribution in [3.8, 4) is 11.5 Å². The fraction of sp³-hybridized carbons (Fsp3) is 0.364. The molecule has 0 bridgehead atoms. The minimum Gasteiger partial charge on any atom is -0.494 e. The van der Waals surface area contributed by atoms with E-state index in [0.717, 1.165) is 48.3 Å². The summed E-state index contributed by atoms with van der Waals surface area (Å²) in [5, 5.41) is 19.6. The number of hydrogen-bond acceptors (Lipinski definition) is 6. The van der Waals surface area contributed by atoms with Crippen LogP contribution in [0.25, 0.3) is 0 Å². The molecule has 0 aliphatic rings. The van der Waals surface area contributed by atoms with E-state index < -0.39 is 12.1 Å². The third kappa shape index (κ3) is 9.11. The lowest BCUT2D eigenvalue weighted by atomic mass is 10.2. The average Bonchev–Trinajstić information content (AvgIpc) is 2.77. The minimum atomic E-state index is -0.898. The van der Waals surface area contributed by atoms with Crippen molar-refractivity contribution in [3.63, 3.8) is 0 Å². The number of urea groups is 2. The van der Waals surface area contributed by atoms with Crippen LogP contribution in [0.15, 0.2) is 48.5 Å². The molecule has 10 nitrogen and oxygen atoms in total. The van der Waals surface area contributed by atoms with Crippen LogP contribution < -0.4 is 20.9 Å². The zero-order valence-electron chi connectivity index (χ0n) is 17.9. The quantitative estimate of drug-likeness (QED) is 0.211. The lowest BCUT2D eigenvalue weighted by Gasteiger charge is -2.12. The van der Waals surface area contributed by atoms with Crippen molar-refractivity contribution >= 4 is 12.1 Å². The van der Waals surface area contributed by atoms with E-state index in [4.69, 9.17) is 20.9 Å².